The largest absolute Gasteiger partial charge is 0.455 e. The fraction of sp³-hybridized carbons (Fsp3) is 0.0426. The van der Waals surface area contributed by atoms with Crippen LogP contribution in [0.5, 0.6) is 0 Å². The third-order valence-electron chi connectivity index (χ3n) is 10.4. The molecule has 3 nitrogen and oxygen atoms in total. The van der Waals surface area contributed by atoms with Gasteiger partial charge in [0.25, 0.3) is 0 Å². The van der Waals surface area contributed by atoms with Crippen LogP contribution in [-0.2, 0) is 12.4 Å². The molecule has 0 aliphatic rings. The van der Waals surface area contributed by atoms with Gasteiger partial charge in [-0.25, -0.2) is 0 Å². The predicted octanol–water partition coefficient (Wildman–Crippen LogP) is 14.3. The Morgan fingerprint density at radius 1 is 0.474 bits per heavy atom. The molecule has 0 saturated heterocycles. The van der Waals surface area contributed by atoms with Gasteiger partial charge in [0.15, 0.2) is 5.43 Å². The molecule has 0 aliphatic heterocycles. The van der Waals surface area contributed by atoms with Crippen LogP contribution in [0.15, 0.2) is 161 Å². The topological polar surface area (TPSA) is 35.1 Å². The van der Waals surface area contributed by atoms with Crippen molar-refractivity contribution in [2.75, 3.05) is 0 Å². The standard InChI is InChI=1S/C47H25F6NO2S/c48-46(49,50)30-18-28(19-31(22-30)47(51,52)53)29-20-35(45-38(21-29)41(55)25-42(56-45)27-8-2-1-3-9-27)26-14-16-32(17-15-26)54-39-12-6-4-10-33(39)36-23-37-34-11-5-7-13-43(34)57-44(37)24-40(36)54/h1-25H. The summed E-state index contributed by atoms with van der Waals surface area (Å²) in [5.74, 6) is 0.259. The summed E-state index contributed by atoms with van der Waals surface area (Å²) in [4.78, 5) is 13.8. The van der Waals surface area contributed by atoms with Gasteiger partial charge in [-0.15, -0.1) is 11.3 Å². The van der Waals surface area contributed by atoms with Gasteiger partial charge in [-0.2, -0.15) is 26.3 Å². The Morgan fingerprint density at radius 3 is 1.84 bits per heavy atom. The average molecular weight is 782 g/mol. The van der Waals surface area contributed by atoms with Gasteiger partial charge in [-0.1, -0.05) is 78.9 Å². The van der Waals surface area contributed by atoms with Crippen LogP contribution in [-0.4, -0.2) is 4.57 Å². The molecule has 0 N–H and O–H groups in total. The Balaban J connectivity index is 1.19. The third-order valence-corrected chi connectivity index (χ3v) is 11.5. The molecular weight excluding hydrogens is 757 g/mol. The molecule has 3 aromatic heterocycles. The highest BCUT2D eigenvalue weighted by Gasteiger charge is 2.37. The summed E-state index contributed by atoms with van der Waals surface area (Å²) in [6.45, 7) is 0. The predicted molar refractivity (Wildman–Crippen MR) is 216 cm³/mol. The lowest BCUT2D eigenvalue weighted by Crippen LogP contribution is -2.11. The molecule has 0 unspecified atom stereocenters. The molecule has 0 fully saturated rings. The van der Waals surface area contributed by atoms with Gasteiger partial charge < -0.3 is 8.98 Å². The molecule has 0 atom stereocenters. The first-order valence-corrected chi connectivity index (χ1v) is 18.6. The highest BCUT2D eigenvalue weighted by Crippen LogP contribution is 2.43. The molecule has 10 heteroatoms. The number of alkyl halides is 6. The quantitative estimate of drug-likeness (QED) is 0.167. The van der Waals surface area contributed by atoms with E-state index in [4.69, 9.17) is 4.42 Å². The number of benzene rings is 7. The normalized spacial score (nSPS) is 12.5. The van der Waals surface area contributed by atoms with Crippen LogP contribution < -0.4 is 5.43 Å². The van der Waals surface area contributed by atoms with E-state index in [1.54, 1.807) is 35.6 Å². The zero-order valence-corrected chi connectivity index (χ0v) is 30.2. The molecule has 10 aromatic rings. The van der Waals surface area contributed by atoms with Gasteiger partial charge in [0, 0.05) is 53.8 Å². The minimum absolute atomic E-state index is 0.00646. The molecule has 278 valence electrons. The molecule has 7 aromatic carbocycles. The van der Waals surface area contributed by atoms with Crippen molar-refractivity contribution in [3.63, 3.8) is 0 Å². The van der Waals surface area contributed by atoms with Gasteiger partial charge in [0.2, 0.25) is 0 Å². The summed E-state index contributed by atoms with van der Waals surface area (Å²) in [5, 5.41) is 4.53. The van der Waals surface area contributed by atoms with Crippen LogP contribution in [0.25, 0.3) is 92.2 Å². The molecule has 0 saturated carbocycles. The van der Waals surface area contributed by atoms with Crippen molar-refractivity contribution in [2.24, 2.45) is 0 Å². The average Bonchev–Trinajstić information content (AvgIpc) is 3.74. The highest BCUT2D eigenvalue weighted by atomic mass is 32.1. The summed E-state index contributed by atoms with van der Waals surface area (Å²) in [6, 6.07) is 42.7. The number of para-hydroxylation sites is 1. The highest BCUT2D eigenvalue weighted by molar-refractivity contribution is 7.25. The maximum atomic E-state index is 14.0. The lowest BCUT2D eigenvalue weighted by Gasteiger charge is -2.16. The number of hydrogen-bond donors (Lipinski definition) is 0. The van der Waals surface area contributed by atoms with Crippen LogP contribution >= 0.6 is 11.3 Å². The van der Waals surface area contributed by atoms with Gasteiger partial charge in [-0.05, 0) is 83.4 Å². The number of nitrogens with zero attached hydrogens (tertiary/aromatic N) is 1. The maximum absolute atomic E-state index is 14.0. The molecule has 0 radical (unpaired) electrons. The number of aromatic nitrogens is 1. The van der Waals surface area contributed by atoms with Gasteiger partial charge >= 0.3 is 12.4 Å². The molecule has 0 bridgehead atoms. The first kappa shape index (κ1) is 34.8. The second kappa shape index (κ2) is 12.7. The molecule has 0 aliphatic carbocycles. The first-order valence-electron chi connectivity index (χ1n) is 17.8. The second-order valence-corrected chi connectivity index (χ2v) is 15.0. The summed E-state index contributed by atoms with van der Waals surface area (Å²) >= 11 is 1.72. The summed E-state index contributed by atoms with van der Waals surface area (Å²) in [7, 11) is 0. The van der Waals surface area contributed by atoms with E-state index in [0.29, 0.717) is 28.8 Å². The van der Waals surface area contributed by atoms with Crippen LogP contribution in [0.4, 0.5) is 26.3 Å². The van der Waals surface area contributed by atoms with Crippen LogP contribution in [0.3, 0.4) is 0 Å². The van der Waals surface area contributed by atoms with E-state index >= 15 is 0 Å². The van der Waals surface area contributed by atoms with E-state index in [9.17, 15) is 31.1 Å². The molecular formula is C47H25F6NO2S. The van der Waals surface area contributed by atoms with Crippen molar-refractivity contribution in [1.29, 1.82) is 0 Å². The zero-order valence-electron chi connectivity index (χ0n) is 29.4. The van der Waals surface area contributed by atoms with E-state index in [1.807, 2.05) is 54.6 Å². The molecule has 0 spiro atoms. The minimum Gasteiger partial charge on any atom is -0.455 e. The van der Waals surface area contributed by atoms with Gasteiger partial charge in [0.1, 0.15) is 11.3 Å². The van der Waals surface area contributed by atoms with E-state index in [0.717, 1.165) is 32.2 Å². The number of hydrogen-bond acceptors (Lipinski definition) is 3. The Morgan fingerprint density at radius 2 is 1.12 bits per heavy atom. The van der Waals surface area contributed by atoms with E-state index in [-0.39, 0.29) is 33.9 Å². The number of rotatable bonds is 4. The van der Waals surface area contributed by atoms with Crippen molar-refractivity contribution < 1.29 is 30.8 Å². The van der Waals surface area contributed by atoms with Crippen LogP contribution in [0.1, 0.15) is 11.1 Å². The maximum Gasteiger partial charge on any atom is 0.416 e. The number of thiophene rings is 1. The summed E-state index contributed by atoms with van der Waals surface area (Å²) < 4.78 is 94.6. The van der Waals surface area contributed by atoms with E-state index in [1.165, 1.54) is 33.7 Å². The Bertz CT molecular complexity index is 3250. The summed E-state index contributed by atoms with van der Waals surface area (Å²) in [6.07, 6.45) is -10.1. The SMILES string of the molecule is O=c1cc(-c2ccccc2)oc2c(-c3ccc(-n4c5ccccc5c5cc6c(cc54)sc4ccccc46)cc3)cc(-c3cc(C(F)(F)F)cc(C(F)(F)F)c3)cc12. The smallest absolute Gasteiger partial charge is 0.416 e. The Hall–Kier alpha value is -6.65. The van der Waals surface area contributed by atoms with Crippen molar-refractivity contribution in [3.8, 4) is 39.3 Å². The van der Waals surface area contributed by atoms with Crippen molar-refractivity contribution in [2.45, 2.75) is 12.4 Å². The monoisotopic (exact) mass is 781 g/mol. The third kappa shape index (κ3) is 5.87. The van der Waals surface area contributed by atoms with Gasteiger partial charge in [-0.3, -0.25) is 4.79 Å². The van der Waals surface area contributed by atoms with Crippen molar-refractivity contribution in [1.82, 2.24) is 4.57 Å². The van der Waals surface area contributed by atoms with Crippen molar-refractivity contribution in [3.05, 3.63) is 173 Å². The summed E-state index contributed by atoms with van der Waals surface area (Å²) in [5.41, 5.74) is 0.664. The second-order valence-electron chi connectivity index (χ2n) is 13.9. The minimum atomic E-state index is -5.05. The van der Waals surface area contributed by atoms with Gasteiger partial charge in [0.05, 0.1) is 27.5 Å². The van der Waals surface area contributed by atoms with E-state index in [2.05, 4.69) is 41.0 Å². The molecule has 10 rings (SSSR count). The number of halogens is 6. The Labute approximate surface area is 323 Å². The fourth-order valence-electron chi connectivity index (χ4n) is 7.76. The lowest BCUT2D eigenvalue weighted by atomic mass is 9.93. The Kier molecular flexibility index (Phi) is 7.75. The van der Waals surface area contributed by atoms with Crippen LogP contribution in [0.2, 0.25) is 0 Å². The first-order chi connectivity index (χ1) is 27.4. The molecule has 57 heavy (non-hydrogen) atoms. The lowest BCUT2D eigenvalue weighted by molar-refractivity contribution is -0.143. The fourth-order valence-corrected chi connectivity index (χ4v) is 8.88. The zero-order chi connectivity index (χ0) is 39.2. The van der Waals surface area contributed by atoms with Crippen molar-refractivity contribution >= 4 is 64.3 Å². The molecule has 0 amide bonds. The van der Waals surface area contributed by atoms with E-state index < -0.39 is 28.9 Å². The van der Waals surface area contributed by atoms with Crippen LogP contribution in [0, 0.1) is 0 Å². The number of fused-ring (bicyclic) bond motifs is 7. The molecule has 3 heterocycles.